The molecule has 0 saturated heterocycles. The van der Waals surface area contributed by atoms with Crippen molar-refractivity contribution < 1.29 is 14.6 Å². The van der Waals surface area contributed by atoms with E-state index in [-0.39, 0.29) is 5.78 Å². The number of Topliss-reactive ketones (excluding diaryl/α,β-unsaturated/α-hetero) is 1. The Bertz CT molecular complexity index is 411. The molecule has 1 N–H and O–H groups in total. The molecule has 0 unspecified atom stereocenters. The SMILES string of the molecule is COc1cncc(C(=O)C2(O)CCCCC2)c1. The first-order valence-electron chi connectivity index (χ1n) is 5.92. The Morgan fingerprint density at radius 3 is 2.71 bits per heavy atom. The fourth-order valence-corrected chi connectivity index (χ4v) is 2.29. The van der Waals surface area contributed by atoms with Gasteiger partial charge in [-0.05, 0) is 18.9 Å². The van der Waals surface area contributed by atoms with Gasteiger partial charge in [0.25, 0.3) is 0 Å². The number of aliphatic hydroxyl groups is 1. The van der Waals surface area contributed by atoms with Gasteiger partial charge in [0.05, 0.1) is 13.3 Å². The minimum atomic E-state index is -1.20. The van der Waals surface area contributed by atoms with E-state index in [9.17, 15) is 9.90 Å². The number of nitrogens with zero attached hydrogens (tertiary/aromatic N) is 1. The first-order chi connectivity index (χ1) is 8.15. The van der Waals surface area contributed by atoms with E-state index in [1.54, 1.807) is 12.3 Å². The molecule has 2 rings (SSSR count). The van der Waals surface area contributed by atoms with Crippen LogP contribution in [0.1, 0.15) is 42.5 Å². The highest BCUT2D eigenvalue weighted by atomic mass is 16.5. The van der Waals surface area contributed by atoms with Gasteiger partial charge in [0, 0.05) is 11.8 Å². The highest BCUT2D eigenvalue weighted by molar-refractivity contribution is 6.02. The van der Waals surface area contributed by atoms with E-state index in [4.69, 9.17) is 4.74 Å². The molecule has 1 aromatic rings. The van der Waals surface area contributed by atoms with E-state index in [0.29, 0.717) is 24.2 Å². The maximum absolute atomic E-state index is 12.2. The van der Waals surface area contributed by atoms with Crippen molar-refractivity contribution in [3.63, 3.8) is 0 Å². The summed E-state index contributed by atoms with van der Waals surface area (Å²) in [6.07, 6.45) is 7.01. The summed E-state index contributed by atoms with van der Waals surface area (Å²) < 4.78 is 5.03. The van der Waals surface area contributed by atoms with Crippen LogP contribution in [0, 0.1) is 0 Å². The number of ketones is 1. The topological polar surface area (TPSA) is 59.4 Å². The van der Waals surface area contributed by atoms with Gasteiger partial charge in [-0.15, -0.1) is 0 Å². The van der Waals surface area contributed by atoms with Gasteiger partial charge >= 0.3 is 0 Å². The monoisotopic (exact) mass is 235 g/mol. The summed E-state index contributed by atoms with van der Waals surface area (Å²) >= 11 is 0. The zero-order valence-electron chi connectivity index (χ0n) is 9.98. The summed E-state index contributed by atoms with van der Waals surface area (Å²) in [6.45, 7) is 0. The van der Waals surface area contributed by atoms with E-state index in [1.807, 2.05) is 0 Å². The van der Waals surface area contributed by atoms with Gasteiger partial charge in [-0.25, -0.2) is 0 Å². The first-order valence-corrected chi connectivity index (χ1v) is 5.92. The molecule has 1 aromatic heterocycles. The maximum Gasteiger partial charge on any atom is 0.196 e. The van der Waals surface area contributed by atoms with Crippen LogP contribution in [0.5, 0.6) is 5.75 Å². The molecule has 0 spiro atoms. The van der Waals surface area contributed by atoms with Gasteiger partial charge in [-0.1, -0.05) is 19.3 Å². The Labute approximate surface area is 101 Å². The molecule has 0 aliphatic heterocycles. The van der Waals surface area contributed by atoms with Crippen LogP contribution in [0.15, 0.2) is 18.5 Å². The standard InChI is InChI=1S/C13H17NO3/c1-17-11-7-10(8-14-9-11)12(15)13(16)5-3-2-4-6-13/h7-9,16H,2-6H2,1H3. The zero-order valence-corrected chi connectivity index (χ0v) is 9.98. The molecule has 1 aliphatic rings. The van der Waals surface area contributed by atoms with Crippen molar-refractivity contribution in [2.24, 2.45) is 0 Å². The Morgan fingerprint density at radius 1 is 1.35 bits per heavy atom. The largest absolute Gasteiger partial charge is 0.495 e. The Morgan fingerprint density at radius 2 is 2.06 bits per heavy atom. The van der Waals surface area contributed by atoms with E-state index in [2.05, 4.69) is 4.98 Å². The first kappa shape index (κ1) is 12.0. The molecular weight excluding hydrogens is 218 g/mol. The third-order valence-electron chi connectivity index (χ3n) is 3.31. The predicted octanol–water partition coefficient (Wildman–Crippen LogP) is 1.97. The van der Waals surface area contributed by atoms with Gasteiger partial charge in [0.15, 0.2) is 5.78 Å². The lowest BCUT2D eigenvalue weighted by Gasteiger charge is -2.30. The number of aromatic nitrogens is 1. The average Bonchev–Trinajstić information content (AvgIpc) is 2.39. The third kappa shape index (κ3) is 2.47. The second-order valence-electron chi connectivity index (χ2n) is 4.53. The molecule has 4 nitrogen and oxygen atoms in total. The molecular formula is C13H17NO3. The molecule has 0 bridgehead atoms. The highest BCUT2D eigenvalue weighted by Gasteiger charge is 2.37. The fourth-order valence-electron chi connectivity index (χ4n) is 2.29. The molecule has 4 heteroatoms. The molecule has 0 amide bonds. The summed E-state index contributed by atoms with van der Waals surface area (Å²) in [5, 5.41) is 10.3. The van der Waals surface area contributed by atoms with Crippen LogP contribution in [0.4, 0.5) is 0 Å². The number of ether oxygens (including phenoxy) is 1. The third-order valence-corrected chi connectivity index (χ3v) is 3.31. The number of hydrogen-bond donors (Lipinski definition) is 1. The molecule has 1 heterocycles. The van der Waals surface area contributed by atoms with Crippen LogP contribution in [-0.2, 0) is 0 Å². The van der Waals surface area contributed by atoms with Crippen LogP contribution in [-0.4, -0.2) is 28.6 Å². The average molecular weight is 235 g/mol. The van der Waals surface area contributed by atoms with Crippen molar-refractivity contribution in [2.75, 3.05) is 7.11 Å². The van der Waals surface area contributed by atoms with Crippen molar-refractivity contribution in [2.45, 2.75) is 37.7 Å². The predicted molar refractivity (Wildman–Crippen MR) is 63.2 cm³/mol. The summed E-state index contributed by atoms with van der Waals surface area (Å²) in [4.78, 5) is 16.2. The van der Waals surface area contributed by atoms with Gasteiger partial charge in [0.1, 0.15) is 11.4 Å². The number of carbonyl (C=O) groups is 1. The molecule has 1 saturated carbocycles. The Kier molecular flexibility index (Phi) is 3.43. The van der Waals surface area contributed by atoms with Crippen molar-refractivity contribution in [1.29, 1.82) is 0 Å². The van der Waals surface area contributed by atoms with Crippen molar-refractivity contribution >= 4 is 5.78 Å². The van der Waals surface area contributed by atoms with Gasteiger partial charge in [0.2, 0.25) is 0 Å². The van der Waals surface area contributed by atoms with Gasteiger partial charge < -0.3 is 9.84 Å². The Hall–Kier alpha value is -1.42. The number of rotatable bonds is 3. The van der Waals surface area contributed by atoms with Gasteiger partial charge in [-0.3, -0.25) is 9.78 Å². The van der Waals surface area contributed by atoms with Crippen LogP contribution in [0.25, 0.3) is 0 Å². The van der Waals surface area contributed by atoms with E-state index < -0.39 is 5.60 Å². The minimum Gasteiger partial charge on any atom is -0.495 e. The highest BCUT2D eigenvalue weighted by Crippen LogP contribution is 2.31. The van der Waals surface area contributed by atoms with Crippen LogP contribution in [0.3, 0.4) is 0 Å². The van der Waals surface area contributed by atoms with Crippen LogP contribution < -0.4 is 4.74 Å². The molecule has 1 fully saturated rings. The normalized spacial score (nSPS) is 18.7. The van der Waals surface area contributed by atoms with Crippen molar-refractivity contribution in [3.8, 4) is 5.75 Å². The molecule has 92 valence electrons. The van der Waals surface area contributed by atoms with E-state index in [1.165, 1.54) is 13.3 Å². The van der Waals surface area contributed by atoms with E-state index in [0.717, 1.165) is 19.3 Å². The van der Waals surface area contributed by atoms with Crippen LogP contribution >= 0.6 is 0 Å². The number of carbonyl (C=O) groups excluding carboxylic acids is 1. The smallest absolute Gasteiger partial charge is 0.196 e. The molecule has 0 aromatic carbocycles. The van der Waals surface area contributed by atoms with Crippen LogP contribution in [0.2, 0.25) is 0 Å². The second kappa shape index (κ2) is 4.84. The fraction of sp³-hybridized carbons (Fsp3) is 0.538. The zero-order chi connectivity index (χ0) is 12.3. The lowest BCUT2D eigenvalue weighted by Crippen LogP contribution is -2.40. The lowest BCUT2D eigenvalue weighted by molar-refractivity contribution is 0.0116. The molecule has 0 radical (unpaired) electrons. The molecule has 0 atom stereocenters. The lowest BCUT2D eigenvalue weighted by atomic mass is 9.80. The summed E-state index contributed by atoms with van der Waals surface area (Å²) in [5.41, 5.74) is -0.777. The minimum absolute atomic E-state index is 0.233. The quantitative estimate of drug-likeness (QED) is 0.814. The number of hydrogen-bond acceptors (Lipinski definition) is 4. The van der Waals surface area contributed by atoms with Crippen molar-refractivity contribution in [3.05, 3.63) is 24.0 Å². The van der Waals surface area contributed by atoms with Gasteiger partial charge in [-0.2, -0.15) is 0 Å². The Balaban J connectivity index is 2.23. The summed E-state index contributed by atoms with van der Waals surface area (Å²) in [7, 11) is 1.53. The summed E-state index contributed by atoms with van der Waals surface area (Å²) in [5.74, 6) is 0.304. The number of methoxy groups -OCH3 is 1. The molecule has 17 heavy (non-hydrogen) atoms. The second-order valence-corrected chi connectivity index (χ2v) is 4.53. The van der Waals surface area contributed by atoms with Crippen molar-refractivity contribution in [1.82, 2.24) is 4.98 Å². The summed E-state index contributed by atoms with van der Waals surface area (Å²) in [6, 6.07) is 1.63. The molecule has 1 aliphatic carbocycles. The maximum atomic E-state index is 12.2. The van der Waals surface area contributed by atoms with E-state index >= 15 is 0 Å². The number of pyridine rings is 1.